The van der Waals surface area contributed by atoms with Gasteiger partial charge in [-0.25, -0.2) is 4.79 Å². The first-order chi connectivity index (χ1) is 15.3. The number of halogens is 3. The van der Waals surface area contributed by atoms with Gasteiger partial charge in [0.1, 0.15) is 11.4 Å². The summed E-state index contributed by atoms with van der Waals surface area (Å²) in [6, 6.07) is 5.12. The van der Waals surface area contributed by atoms with E-state index in [1.54, 1.807) is 51.6 Å². The van der Waals surface area contributed by atoms with Crippen molar-refractivity contribution in [2.75, 3.05) is 13.1 Å². The predicted molar refractivity (Wildman–Crippen MR) is 118 cm³/mol. The van der Waals surface area contributed by atoms with Crippen LogP contribution in [0, 0.1) is 6.92 Å². The minimum Gasteiger partial charge on any atom is -0.444 e. The lowest BCUT2D eigenvalue weighted by Gasteiger charge is -2.40. The van der Waals surface area contributed by atoms with E-state index in [0.29, 0.717) is 35.5 Å². The number of benzene rings is 1. The first-order valence-electron chi connectivity index (χ1n) is 10.4. The number of aromatic nitrogens is 1. The molecule has 1 aliphatic heterocycles. The summed E-state index contributed by atoms with van der Waals surface area (Å²) >= 11 is 0. The highest BCUT2D eigenvalue weighted by Gasteiger charge is 2.36. The second-order valence-corrected chi connectivity index (χ2v) is 8.73. The molecule has 178 valence electrons. The SMILES string of the molecule is CC=Nc1c(-c2ccc(OC(F)(F)F)cc2)cn(C2CN(C(=O)OC(C)(C)C)C2)c(=O)c1C. The van der Waals surface area contributed by atoms with Gasteiger partial charge in [-0.15, -0.1) is 13.2 Å². The molecule has 3 rings (SSSR count). The Kier molecular flexibility index (Phi) is 6.58. The summed E-state index contributed by atoms with van der Waals surface area (Å²) in [6.07, 6.45) is -2.05. The Morgan fingerprint density at radius 1 is 1.15 bits per heavy atom. The summed E-state index contributed by atoms with van der Waals surface area (Å²) in [6.45, 7) is 9.31. The Labute approximate surface area is 189 Å². The lowest BCUT2D eigenvalue weighted by Crippen LogP contribution is -2.54. The number of ether oxygens (including phenoxy) is 2. The topological polar surface area (TPSA) is 73.1 Å². The average Bonchev–Trinajstić information content (AvgIpc) is 2.64. The van der Waals surface area contributed by atoms with Gasteiger partial charge in [0.15, 0.2) is 0 Å². The molecule has 33 heavy (non-hydrogen) atoms. The van der Waals surface area contributed by atoms with Crippen molar-refractivity contribution >= 4 is 18.0 Å². The van der Waals surface area contributed by atoms with E-state index in [1.807, 2.05) is 0 Å². The van der Waals surface area contributed by atoms with Gasteiger partial charge < -0.3 is 18.9 Å². The molecule has 0 aliphatic carbocycles. The van der Waals surface area contributed by atoms with Crippen molar-refractivity contribution in [3.8, 4) is 16.9 Å². The number of carbonyl (C=O) groups is 1. The van der Waals surface area contributed by atoms with Gasteiger partial charge in [-0.1, -0.05) is 12.1 Å². The first kappa shape index (κ1) is 24.3. The van der Waals surface area contributed by atoms with E-state index in [1.165, 1.54) is 29.2 Å². The van der Waals surface area contributed by atoms with Crippen LogP contribution in [0.1, 0.15) is 39.3 Å². The molecular weight excluding hydrogens is 439 g/mol. The van der Waals surface area contributed by atoms with Crippen molar-refractivity contribution in [1.29, 1.82) is 0 Å². The van der Waals surface area contributed by atoms with Gasteiger partial charge in [0.25, 0.3) is 5.56 Å². The van der Waals surface area contributed by atoms with E-state index in [-0.39, 0.29) is 17.4 Å². The molecule has 0 saturated carbocycles. The Morgan fingerprint density at radius 3 is 2.27 bits per heavy atom. The standard InChI is InChI=1S/C23H26F3N3O4/c1-6-27-19-14(2)20(30)29(16-11-28(12-16)21(31)33-22(3,4)5)13-18(19)15-7-9-17(10-8-15)32-23(24,25)26/h6-10,13,16H,11-12H2,1-5H3. The summed E-state index contributed by atoms with van der Waals surface area (Å²) in [5.41, 5.74) is 1.13. The van der Waals surface area contributed by atoms with Gasteiger partial charge >= 0.3 is 12.5 Å². The molecule has 1 saturated heterocycles. The van der Waals surface area contributed by atoms with Gasteiger partial charge in [-0.3, -0.25) is 9.79 Å². The molecule has 1 amide bonds. The smallest absolute Gasteiger partial charge is 0.444 e. The molecule has 7 nitrogen and oxygen atoms in total. The lowest BCUT2D eigenvalue weighted by molar-refractivity contribution is -0.274. The van der Waals surface area contributed by atoms with Gasteiger partial charge in [0, 0.05) is 36.6 Å². The van der Waals surface area contributed by atoms with Gasteiger partial charge in [-0.2, -0.15) is 0 Å². The molecule has 10 heteroatoms. The third kappa shape index (κ3) is 5.74. The molecule has 1 aromatic carbocycles. The summed E-state index contributed by atoms with van der Waals surface area (Å²) in [7, 11) is 0. The highest BCUT2D eigenvalue weighted by molar-refractivity contribution is 5.80. The number of carbonyl (C=O) groups excluding carboxylic acids is 1. The van der Waals surface area contributed by atoms with Crippen molar-refractivity contribution in [2.45, 2.75) is 52.6 Å². The highest BCUT2D eigenvalue weighted by Crippen LogP contribution is 2.35. The molecule has 0 N–H and O–H groups in total. The number of rotatable bonds is 4. The fourth-order valence-corrected chi connectivity index (χ4v) is 3.48. The van der Waals surface area contributed by atoms with Gasteiger partial charge in [-0.05, 0) is 52.3 Å². The molecule has 0 spiro atoms. The summed E-state index contributed by atoms with van der Waals surface area (Å²) in [4.78, 5) is 31.1. The van der Waals surface area contributed by atoms with E-state index in [9.17, 15) is 22.8 Å². The Bertz CT molecular complexity index is 1110. The zero-order chi connectivity index (χ0) is 24.6. The lowest BCUT2D eigenvalue weighted by atomic mass is 10.0. The van der Waals surface area contributed by atoms with Crippen LogP contribution < -0.4 is 10.3 Å². The average molecular weight is 465 g/mol. The van der Waals surface area contributed by atoms with E-state index in [4.69, 9.17) is 4.74 Å². The van der Waals surface area contributed by atoms with Crippen molar-refractivity contribution in [2.24, 2.45) is 4.99 Å². The molecule has 0 radical (unpaired) electrons. The summed E-state index contributed by atoms with van der Waals surface area (Å²) in [5.74, 6) is -0.344. The molecule has 2 heterocycles. The maximum Gasteiger partial charge on any atom is 0.573 e. The van der Waals surface area contributed by atoms with Crippen LogP contribution in [0.5, 0.6) is 5.75 Å². The number of amides is 1. The number of aliphatic imine (C=N–C) groups is 1. The van der Waals surface area contributed by atoms with Crippen molar-refractivity contribution in [1.82, 2.24) is 9.47 Å². The highest BCUT2D eigenvalue weighted by atomic mass is 19.4. The van der Waals surface area contributed by atoms with Gasteiger partial charge in [0.2, 0.25) is 0 Å². The van der Waals surface area contributed by atoms with Crippen LogP contribution in [0.2, 0.25) is 0 Å². The van der Waals surface area contributed by atoms with Crippen LogP contribution in [-0.4, -0.2) is 46.8 Å². The van der Waals surface area contributed by atoms with E-state index in [2.05, 4.69) is 9.73 Å². The number of alkyl halides is 3. The fraction of sp³-hybridized carbons (Fsp3) is 0.435. The van der Waals surface area contributed by atoms with Crippen LogP contribution in [0.4, 0.5) is 23.7 Å². The first-order valence-corrected chi connectivity index (χ1v) is 10.4. The van der Waals surface area contributed by atoms with Crippen LogP contribution in [0.15, 0.2) is 40.2 Å². The molecular formula is C23H26F3N3O4. The van der Waals surface area contributed by atoms with E-state index < -0.39 is 18.1 Å². The van der Waals surface area contributed by atoms with E-state index in [0.717, 1.165) is 0 Å². The Hall–Kier alpha value is -3.30. The quantitative estimate of drug-likeness (QED) is 0.579. The second kappa shape index (κ2) is 8.92. The number of hydrogen-bond donors (Lipinski definition) is 0. The minimum atomic E-state index is -4.78. The van der Waals surface area contributed by atoms with Crippen LogP contribution in [0.25, 0.3) is 11.1 Å². The fourth-order valence-electron chi connectivity index (χ4n) is 3.48. The Morgan fingerprint density at radius 2 is 1.76 bits per heavy atom. The van der Waals surface area contributed by atoms with Crippen molar-refractivity contribution in [3.05, 3.63) is 46.4 Å². The second-order valence-electron chi connectivity index (χ2n) is 8.73. The third-order valence-corrected chi connectivity index (χ3v) is 5.00. The molecule has 1 aliphatic rings. The van der Waals surface area contributed by atoms with Crippen LogP contribution >= 0.6 is 0 Å². The largest absolute Gasteiger partial charge is 0.573 e. The third-order valence-electron chi connectivity index (χ3n) is 5.00. The molecule has 0 unspecified atom stereocenters. The molecule has 0 bridgehead atoms. The number of likely N-dealkylation sites (tertiary alicyclic amines) is 1. The maximum atomic E-state index is 13.0. The zero-order valence-electron chi connectivity index (χ0n) is 19.1. The normalized spacial score (nSPS) is 15.0. The summed E-state index contributed by atoms with van der Waals surface area (Å²) < 4.78 is 48.3. The maximum absolute atomic E-state index is 13.0. The van der Waals surface area contributed by atoms with Crippen molar-refractivity contribution < 1.29 is 27.4 Å². The Balaban J connectivity index is 1.92. The molecule has 1 fully saturated rings. The van der Waals surface area contributed by atoms with E-state index >= 15 is 0 Å². The minimum absolute atomic E-state index is 0.245. The number of hydrogen-bond acceptors (Lipinski definition) is 5. The number of nitrogens with zero attached hydrogens (tertiary/aromatic N) is 3. The molecule has 1 aromatic heterocycles. The molecule has 2 aromatic rings. The van der Waals surface area contributed by atoms with Crippen LogP contribution in [0.3, 0.4) is 0 Å². The molecule has 0 atom stereocenters. The number of pyridine rings is 1. The van der Waals surface area contributed by atoms with Gasteiger partial charge in [0.05, 0.1) is 11.7 Å². The summed E-state index contributed by atoms with van der Waals surface area (Å²) in [5, 5.41) is 0. The zero-order valence-corrected chi connectivity index (χ0v) is 19.1. The predicted octanol–water partition coefficient (Wildman–Crippen LogP) is 5.24. The monoisotopic (exact) mass is 465 g/mol. The van der Waals surface area contributed by atoms with Crippen LogP contribution in [-0.2, 0) is 4.74 Å². The van der Waals surface area contributed by atoms with Crippen molar-refractivity contribution in [3.63, 3.8) is 0 Å².